The molecule has 28 heavy (non-hydrogen) atoms. The molecule has 3 rings (SSSR count). The van der Waals surface area contributed by atoms with Crippen LogP contribution in [0.4, 0.5) is 18.9 Å². The van der Waals surface area contributed by atoms with E-state index in [0.717, 1.165) is 0 Å². The number of rotatable bonds is 5. The van der Waals surface area contributed by atoms with E-state index in [-0.39, 0.29) is 24.1 Å². The van der Waals surface area contributed by atoms with E-state index in [1.165, 1.54) is 6.07 Å². The number of amides is 1. The Morgan fingerprint density at radius 1 is 1.32 bits per heavy atom. The fraction of sp³-hybridized carbons (Fsp3) is 0.444. The van der Waals surface area contributed by atoms with Gasteiger partial charge in [0.1, 0.15) is 11.3 Å². The van der Waals surface area contributed by atoms with Crippen LogP contribution < -0.4 is 15.4 Å². The summed E-state index contributed by atoms with van der Waals surface area (Å²) >= 11 is 0. The van der Waals surface area contributed by atoms with Crippen molar-refractivity contribution >= 4 is 24.0 Å². The van der Waals surface area contributed by atoms with Gasteiger partial charge in [-0.3, -0.25) is 9.48 Å². The number of carbonyl (C=O) groups excluding carboxylic acids is 1. The number of halogens is 4. The Labute approximate surface area is 166 Å². The van der Waals surface area contributed by atoms with Gasteiger partial charge < -0.3 is 15.4 Å². The van der Waals surface area contributed by atoms with Crippen molar-refractivity contribution in [3.8, 4) is 5.75 Å². The Kier molecular flexibility index (Phi) is 6.95. The zero-order chi connectivity index (χ0) is 19.5. The molecule has 0 atom stereocenters. The zero-order valence-corrected chi connectivity index (χ0v) is 16.1. The fourth-order valence-electron chi connectivity index (χ4n) is 3.23. The van der Waals surface area contributed by atoms with Crippen LogP contribution in [0.2, 0.25) is 0 Å². The second-order valence-corrected chi connectivity index (χ2v) is 6.52. The first kappa shape index (κ1) is 22.0. The molecule has 2 heterocycles. The number of ether oxygens (including phenoxy) is 1. The molecule has 1 aliphatic rings. The van der Waals surface area contributed by atoms with Crippen LogP contribution in [0, 0.1) is 6.92 Å². The van der Waals surface area contributed by atoms with Crippen LogP contribution >= 0.6 is 12.4 Å². The van der Waals surface area contributed by atoms with Gasteiger partial charge in [-0.2, -0.15) is 18.3 Å². The maximum atomic E-state index is 13.1. The molecule has 1 fully saturated rings. The zero-order valence-electron chi connectivity index (χ0n) is 15.3. The second kappa shape index (κ2) is 8.83. The van der Waals surface area contributed by atoms with Gasteiger partial charge in [0, 0.05) is 23.6 Å². The number of hydrogen-bond acceptors (Lipinski definition) is 4. The third kappa shape index (κ3) is 4.77. The van der Waals surface area contributed by atoms with Crippen LogP contribution in [-0.2, 0) is 10.3 Å². The number of anilines is 1. The van der Waals surface area contributed by atoms with Gasteiger partial charge in [-0.1, -0.05) is 6.07 Å². The number of nitrogens with one attached hydrogen (secondary N) is 2. The summed E-state index contributed by atoms with van der Waals surface area (Å²) in [7, 11) is 0. The van der Waals surface area contributed by atoms with E-state index in [4.69, 9.17) is 4.74 Å². The summed E-state index contributed by atoms with van der Waals surface area (Å²) in [5, 5.41) is 10.3. The van der Waals surface area contributed by atoms with Gasteiger partial charge in [0.05, 0.1) is 0 Å². The normalized spacial score (nSPS) is 16.1. The number of piperidine rings is 1. The summed E-state index contributed by atoms with van der Waals surface area (Å²) in [6.07, 6.45) is 0.0626. The maximum Gasteiger partial charge on any atom is 0.422 e. The molecule has 154 valence electrons. The van der Waals surface area contributed by atoms with Crippen molar-refractivity contribution in [2.24, 2.45) is 0 Å². The van der Waals surface area contributed by atoms with Gasteiger partial charge in [0.25, 0.3) is 5.91 Å². The molecule has 1 amide bonds. The number of hydrogen-bond donors (Lipinski definition) is 2. The Balaban J connectivity index is 0.00000280. The van der Waals surface area contributed by atoms with Crippen molar-refractivity contribution in [3.63, 3.8) is 0 Å². The molecule has 1 aromatic carbocycles. The minimum absolute atomic E-state index is 0. The molecule has 1 aromatic heterocycles. The summed E-state index contributed by atoms with van der Waals surface area (Å²) in [4.78, 5) is 13.1. The highest BCUT2D eigenvalue weighted by molar-refractivity contribution is 5.97. The smallest absolute Gasteiger partial charge is 0.422 e. The third-order valence-corrected chi connectivity index (χ3v) is 4.72. The SMILES string of the molecule is Cc1c(NC(=O)C2(n3cccn3)CCNCC2)cccc1OCC(F)(F)F.Cl. The summed E-state index contributed by atoms with van der Waals surface area (Å²) in [6.45, 7) is 1.57. The van der Waals surface area contributed by atoms with Gasteiger partial charge in [-0.15, -0.1) is 12.4 Å². The lowest BCUT2D eigenvalue weighted by Crippen LogP contribution is -2.52. The summed E-state index contributed by atoms with van der Waals surface area (Å²) < 4.78 is 43.8. The van der Waals surface area contributed by atoms with Crippen molar-refractivity contribution < 1.29 is 22.7 Å². The first-order chi connectivity index (χ1) is 12.8. The molecule has 1 aliphatic heterocycles. The summed E-state index contributed by atoms with van der Waals surface area (Å²) in [5.41, 5.74) is 0.0219. The first-order valence-corrected chi connectivity index (χ1v) is 8.63. The number of alkyl halides is 3. The van der Waals surface area contributed by atoms with E-state index >= 15 is 0 Å². The molecule has 6 nitrogen and oxygen atoms in total. The lowest BCUT2D eigenvalue weighted by atomic mass is 9.87. The molecular weight excluding hydrogens is 397 g/mol. The van der Waals surface area contributed by atoms with Crippen LogP contribution in [0.1, 0.15) is 18.4 Å². The Bertz CT molecular complexity index is 791. The van der Waals surface area contributed by atoms with Crippen LogP contribution in [0.25, 0.3) is 0 Å². The van der Waals surface area contributed by atoms with Crippen molar-refractivity contribution in [3.05, 3.63) is 42.2 Å². The van der Waals surface area contributed by atoms with E-state index in [0.29, 0.717) is 37.2 Å². The van der Waals surface area contributed by atoms with E-state index < -0.39 is 18.3 Å². The van der Waals surface area contributed by atoms with Gasteiger partial charge >= 0.3 is 6.18 Å². The minimum Gasteiger partial charge on any atom is -0.484 e. The number of benzene rings is 1. The standard InChI is InChI=1S/C18H21F3N4O2.ClH/c1-13-14(4-2-5-15(13)27-12-18(19,20)21)24-16(26)17(6-9-22-10-7-17)25-11-3-8-23-25;/h2-5,8,11,22H,6-7,9-10,12H2,1H3,(H,24,26);1H. The average molecular weight is 419 g/mol. The minimum atomic E-state index is -4.43. The Morgan fingerprint density at radius 3 is 2.64 bits per heavy atom. The number of carbonyl (C=O) groups is 1. The molecule has 2 aromatic rings. The Hall–Kier alpha value is -2.26. The second-order valence-electron chi connectivity index (χ2n) is 6.52. The van der Waals surface area contributed by atoms with E-state index in [2.05, 4.69) is 15.7 Å². The van der Waals surface area contributed by atoms with E-state index in [1.807, 2.05) is 0 Å². The van der Waals surface area contributed by atoms with E-state index in [1.54, 1.807) is 42.2 Å². The van der Waals surface area contributed by atoms with Crippen molar-refractivity contribution in [1.82, 2.24) is 15.1 Å². The highest BCUT2D eigenvalue weighted by Gasteiger charge is 2.42. The third-order valence-electron chi connectivity index (χ3n) is 4.72. The number of aromatic nitrogens is 2. The summed E-state index contributed by atoms with van der Waals surface area (Å²) in [5.74, 6) is -0.160. The van der Waals surface area contributed by atoms with Crippen molar-refractivity contribution in [1.29, 1.82) is 0 Å². The lowest BCUT2D eigenvalue weighted by Gasteiger charge is -2.36. The van der Waals surface area contributed by atoms with Gasteiger partial charge in [-0.25, -0.2) is 0 Å². The maximum absolute atomic E-state index is 13.1. The molecule has 0 spiro atoms. The fourth-order valence-corrected chi connectivity index (χ4v) is 3.23. The average Bonchev–Trinajstić information content (AvgIpc) is 3.17. The van der Waals surface area contributed by atoms with Crippen molar-refractivity contribution in [2.75, 3.05) is 25.0 Å². The molecule has 0 unspecified atom stereocenters. The molecular formula is C18H22ClF3N4O2. The summed E-state index contributed by atoms with van der Waals surface area (Å²) in [6, 6.07) is 6.40. The topological polar surface area (TPSA) is 68.2 Å². The van der Waals surface area contributed by atoms with Crippen LogP contribution in [0.5, 0.6) is 5.75 Å². The van der Waals surface area contributed by atoms with E-state index in [9.17, 15) is 18.0 Å². The lowest BCUT2D eigenvalue weighted by molar-refractivity contribution is -0.153. The van der Waals surface area contributed by atoms with Crippen LogP contribution in [0.3, 0.4) is 0 Å². The first-order valence-electron chi connectivity index (χ1n) is 8.63. The van der Waals surface area contributed by atoms with Crippen LogP contribution in [-0.4, -0.2) is 41.6 Å². The highest BCUT2D eigenvalue weighted by atomic mass is 35.5. The van der Waals surface area contributed by atoms with Crippen LogP contribution in [0.15, 0.2) is 36.7 Å². The molecule has 0 radical (unpaired) electrons. The van der Waals surface area contributed by atoms with Crippen molar-refractivity contribution in [2.45, 2.75) is 31.5 Å². The molecule has 10 heteroatoms. The van der Waals surface area contributed by atoms with Gasteiger partial charge in [0.2, 0.25) is 0 Å². The molecule has 0 bridgehead atoms. The molecule has 1 saturated heterocycles. The highest BCUT2D eigenvalue weighted by Crippen LogP contribution is 2.32. The monoisotopic (exact) mass is 418 g/mol. The molecule has 2 N–H and O–H groups in total. The predicted octanol–water partition coefficient (Wildman–Crippen LogP) is 3.27. The van der Waals surface area contributed by atoms with Gasteiger partial charge in [0.15, 0.2) is 6.61 Å². The largest absolute Gasteiger partial charge is 0.484 e. The van der Waals surface area contributed by atoms with Gasteiger partial charge in [-0.05, 0) is 51.1 Å². The molecule has 0 saturated carbocycles. The predicted molar refractivity (Wildman–Crippen MR) is 101 cm³/mol. The molecule has 0 aliphatic carbocycles. The Morgan fingerprint density at radius 2 is 2.04 bits per heavy atom. The quantitative estimate of drug-likeness (QED) is 0.782. The number of nitrogens with zero attached hydrogens (tertiary/aromatic N) is 2.